The molecule has 2 amide bonds. The molecule has 0 unspecified atom stereocenters. The molecule has 138 valence electrons. The van der Waals surface area contributed by atoms with Crippen LogP contribution >= 0.6 is 11.6 Å². The zero-order valence-electron chi connectivity index (χ0n) is 15.4. The van der Waals surface area contributed by atoms with Crippen molar-refractivity contribution >= 4 is 29.1 Å². The van der Waals surface area contributed by atoms with Gasteiger partial charge >= 0.3 is 0 Å². The molecule has 2 aromatic rings. The Morgan fingerprint density at radius 1 is 1.15 bits per heavy atom. The fourth-order valence-corrected chi connectivity index (χ4v) is 3.16. The van der Waals surface area contributed by atoms with Gasteiger partial charge in [0.1, 0.15) is 12.3 Å². The summed E-state index contributed by atoms with van der Waals surface area (Å²) in [6.45, 7) is 5.51. The van der Waals surface area contributed by atoms with E-state index in [1.165, 1.54) is 11.8 Å². The number of carbonyl (C=O) groups excluding carboxylic acids is 2. The summed E-state index contributed by atoms with van der Waals surface area (Å²) in [7, 11) is 1.60. The van der Waals surface area contributed by atoms with E-state index in [9.17, 15) is 9.59 Å². The number of ether oxygens (including phenoxy) is 1. The van der Waals surface area contributed by atoms with Crippen molar-refractivity contribution < 1.29 is 14.3 Å². The van der Waals surface area contributed by atoms with Crippen LogP contribution in [0.25, 0.3) is 0 Å². The number of carbonyl (C=O) groups is 2. The summed E-state index contributed by atoms with van der Waals surface area (Å²) in [6, 6.07) is 11.1. The highest BCUT2D eigenvalue weighted by atomic mass is 35.5. The lowest BCUT2D eigenvalue weighted by Crippen LogP contribution is -2.40. The largest absolute Gasteiger partial charge is 0.497 e. The average molecular weight is 375 g/mol. The first-order chi connectivity index (χ1) is 12.3. The number of nitrogens with zero attached hydrogens (tertiary/aromatic N) is 1. The summed E-state index contributed by atoms with van der Waals surface area (Å²) in [5.74, 6) is 0.262. The van der Waals surface area contributed by atoms with Gasteiger partial charge in [0.15, 0.2) is 0 Å². The Hall–Kier alpha value is -2.53. The number of halogens is 1. The van der Waals surface area contributed by atoms with Crippen LogP contribution in [-0.2, 0) is 16.1 Å². The summed E-state index contributed by atoms with van der Waals surface area (Å²) in [5.41, 5.74) is 3.37. The van der Waals surface area contributed by atoms with Crippen LogP contribution in [0.3, 0.4) is 0 Å². The maximum atomic E-state index is 12.3. The molecule has 0 bridgehead atoms. The normalized spacial score (nSPS) is 10.3. The molecule has 1 N–H and O–H groups in total. The molecule has 2 rings (SSSR count). The third-order valence-corrected chi connectivity index (χ3v) is 4.29. The second-order valence-electron chi connectivity index (χ2n) is 6.14. The highest BCUT2D eigenvalue weighted by molar-refractivity contribution is 6.34. The van der Waals surface area contributed by atoms with Crippen molar-refractivity contribution in [2.75, 3.05) is 18.6 Å². The molecule has 0 heterocycles. The van der Waals surface area contributed by atoms with Crippen LogP contribution in [0.2, 0.25) is 5.02 Å². The molecule has 0 aliphatic heterocycles. The minimum absolute atomic E-state index is 0.0882. The predicted molar refractivity (Wildman–Crippen MR) is 104 cm³/mol. The molecule has 0 aliphatic carbocycles. The summed E-state index contributed by atoms with van der Waals surface area (Å²) >= 11 is 6.32. The highest BCUT2D eigenvalue weighted by Gasteiger charge is 2.20. The van der Waals surface area contributed by atoms with Crippen LogP contribution in [0.4, 0.5) is 5.69 Å². The van der Waals surface area contributed by atoms with Gasteiger partial charge in [0.25, 0.3) is 0 Å². The van der Waals surface area contributed by atoms with E-state index in [0.29, 0.717) is 17.3 Å². The lowest BCUT2D eigenvalue weighted by Gasteiger charge is -2.24. The molecule has 0 aromatic heterocycles. The van der Waals surface area contributed by atoms with Crippen molar-refractivity contribution in [1.29, 1.82) is 0 Å². The van der Waals surface area contributed by atoms with Gasteiger partial charge < -0.3 is 15.0 Å². The van der Waals surface area contributed by atoms with E-state index in [2.05, 4.69) is 5.32 Å². The second kappa shape index (κ2) is 8.72. The molecule has 6 heteroatoms. The first kappa shape index (κ1) is 19.8. The maximum absolute atomic E-state index is 12.3. The first-order valence-electron chi connectivity index (χ1n) is 8.26. The van der Waals surface area contributed by atoms with Crippen molar-refractivity contribution in [1.82, 2.24) is 5.32 Å². The minimum atomic E-state index is -0.257. The van der Waals surface area contributed by atoms with Crippen molar-refractivity contribution in [2.24, 2.45) is 0 Å². The quantitative estimate of drug-likeness (QED) is 0.839. The van der Waals surface area contributed by atoms with Gasteiger partial charge in [-0.2, -0.15) is 0 Å². The van der Waals surface area contributed by atoms with Gasteiger partial charge in [0.2, 0.25) is 11.8 Å². The zero-order chi connectivity index (χ0) is 19.3. The van der Waals surface area contributed by atoms with Gasteiger partial charge in [-0.15, -0.1) is 0 Å². The lowest BCUT2D eigenvalue weighted by atomic mass is 10.1. The Balaban J connectivity index is 2.07. The Bertz CT molecular complexity index is 780. The standard InChI is InChI=1S/C20H23ClN2O3/c1-13-9-14(2)20(18(21)10-13)23(15(3)24)12-19(25)22-11-16-5-7-17(26-4)8-6-16/h5-10H,11-12H2,1-4H3,(H,22,25). The van der Waals surface area contributed by atoms with E-state index in [1.807, 2.05) is 44.2 Å². The summed E-state index contributed by atoms with van der Waals surface area (Å²) in [4.78, 5) is 25.8. The third-order valence-electron chi connectivity index (χ3n) is 4.00. The number of hydrogen-bond donors (Lipinski definition) is 1. The van der Waals surface area contributed by atoms with E-state index < -0.39 is 0 Å². The summed E-state index contributed by atoms with van der Waals surface area (Å²) in [6.07, 6.45) is 0. The van der Waals surface area contributed by atoms with Crippen molar-refractivity contribution in [3.8, 4) is 5.75 Å². The van der Waals surface area contributed by atoms with Crippen molar-refractivity contribution in [3.63, 3.8) is 0 Å². The van der Waals surface area contributed by atoms with Crippen LogP contribution in [0.5, 0.6) is 5.75 Å². The number of anilines is 1. The molecule has 0 spiro atoms. The van der Waals surface area contributed by atoms with Gasteiger partial charge in [0, 0.05) is 13.5 Å². The lowest BCUT2D eigenvalue weighted by molar-refractivity contribution is -0.123. The molecular formula is C20H23ClN2O3. The van der Waals surface area contributed by atoms with Crippen molar-refractivity contribution in [3.05, 3.63) is 58.1 Å². The smallest absolute Gasteiger partial charge is 0.240 e. The zero-order valence-corrected chi connectivity index (χ0v) is 16.2. The van der Waals surface area contributed by atoms with Crippen LogP contribution < -0.4 is 15.0 Å². The van der Waals surface area contributed by atoms with Gasteiger partial charge in [-0.3, -0.25) is 9.59 Å². The maximum Gasteiger partial charge on any atom is 0.240 e. The van der Waals surface area contributed by atoms with Crippen LogP contribution in [0, 0.1) is 13.8 Å². The number of benzene rings is 2. The minimum Gasteiger partial charge on any atom is -0.497 e. The fourth-order valence-electron chi connectivity index (χ4n) is 2.74. The first-order valence-corrected chi connectivity index (χ1v) is 8.64. The molecule has 5 nitrogen and oxygen atoms in total. The van der Waals surface area contributed by atoms with Gasteiger partial charge in [0.05, 0.1) is 17.8 Å². The third kappa shape index (κ3) is 4.99. The Labute approximate surface area is 158 Å². The van der Waals surface area contributed by atoms with Crippen LogP contribution in [0.1, 0.15) is 23.6 Å². The van der Waals surface area contributed by atoms with E-state index in [1.54, 1.807) is 13.2 Å². The molecule has 0 atom stereocenters. The highest BCUT2D eigenvalue weighted by Crippen LogP contribution is 2.31. The van der Waals surface area contributed by atoms with Crippen LogP contribution in [-0.4, -0.2) is 25.5 Å². The summed E-state index contributed by atoms with van der Waals surface area (Å²) < 4.78 is 5.11. The van der Waals surface area contributed by atoms with Crippen molar-refractivity contribution in [2.45, 2.75) is 27.3 Å². The number of aryl methyl sites for hydroxylation is 2. The molecule has 26 heavy (non-hydrogen) atoms. The predicted octanol–water partition coefficient (Wildman–Crippen LogP) is 3.63. The molecule has 0 saturated carbocycles. The topological polar surface area (TPSA) is 58.6 Å². The molecule has 0 radical (unpaired) electrons. The fraction of sp³-hybridized carbons (Fsp3) is 0.300. The van der Waals surface area contributed by atoms with E-state index in [0.717, 1.165) is 22.4 Å². The van der Waals surface area contributed by atoms with Gasteiger partial charge in [-0.05, 0) is 48.7 Å². The number of rotatable bonds is 6. The molecule has 0 aliphatic rings. The monoisotopic (exact) mass is 374 g/mol. The Kier molecular flexibility index (Phi) is 6.64. The SMILES string of the molecule is COc1ccc(CNC(=O)CN(C(C)=O)c2c(C)cc(C)cc2Cl)cc1. The number of hydrogen-bond acceptors (Lipinski definition) is 3. The molecule has 0 fully saturated rings. The number of methoxy groups -OCH3 is 1. The van der Waals surface area contributed by atoms with E-state index in [4.69, 9.17) is 16.3 Å². The number of amides is 2. The number of nitrogens with one attached hydrogen (secondary N) is 1. The second-order valence-corrected chi connectivity index (χ2v) is 6.55. The van der Waals surface area contributed by atoms with Gasteiger partial charge in [-0.25, -0.2) is 0 Å². The van der Waals surface area contributed by atoms with Gasteiger partial charge in [-0.1, -0.05) is 29.8 Å². The van der Waals surface area contributed by atoms with E-state index in [-0.39, 0.29) is 18.4 Å². The molecule has 2 aromatic carbocycles. The average Bonchev–Trinajstić information content (AvgIpc) is 2.58. The Morgan fingerprint density at radius 2 is 1.81 bits per heavy atom. The molecule has 0 saturated heterocycles. The summed E-state index contributed by atoms with van der Waals surface area (Å²) in [5, 5.41) is 3.28. The van der Waals surface area contributed by atoms with E-state index >= 15 is 0 Å². The van der Waals surface area contributed by atoms with Crippen LogP contribution in [0.15, 0.2) is 36.4 Å². The molecular weight excluding hydrogens is 352 g/mol. The Morgan fingerprint density at radius 3 is 2.35 bits per heavy atom.